The molecule has 6 heteroatoms. The zero-order valence-electron chi connectivity index (χ0n) is 13.6. The molecule has 0 saturated heterocycles. The lowest BCUT2D eigenvalue weighted by Gasteiger charge is -2.37. The molecule has 1 saturated carbocycles. The molecule has 124 valence electrons. The summed E-state index contributed by atoms with van der Waals surface area (Å²) >= 11 is 0. The smallest absolute Gasteiger partial charge is 0.407 e. The van der Waals surface area contributed by atoms with Gasteiger partial charge in [-0.15, -0.1) is 0 Å². The van der Waals surface area contributed by atoms with Crippen molar-refractivity contribution in [2.75, 3.05) is 13.2 Å². The van der Waals surface area contributed by atoms with E-state index in [4.69, 9.17) is 4.74 Å². The summed E-state index contributed by atoms with van der Waals surface area (Å²) in [5, 5.41) is 24.9. The van der Waals surface area contributed by atoms with Crippen molar-refractivity contribution < 1.29 is 19.7 Å². The number of carbonyl (C=O) groups excluding carboxylic acids is 1. The SMILES string of the molecule is CC(CO)(CO)NC1CCCC(NC(=O)OC(C)(C)C)C1. The van der Waals surface area contributed by atoms with Gasteiger partial charge in [-0.25, -0.2) is 4.79 Å². The first-order valence-electron chi connectivity index (χ1n) is 7.66. The Bertz CT molecular complexity index is 337. The van der Waals surface area contributed by atoms with Crippen molar-refractivity contribution in [2.45, 2.75) is 76.6 Å². The van der Waals surface area contributed by atoms with Gasteiger partial charge in [0.1, 0.15) is 5.60 Å². The Labute approximate surface area is 127 Å². The maximum absolute atomic E-state index is 11.8. The Kier molecular flexibility index (Phi) is 6.43. The molecule has 0 spiro atoms. The minimum atomic E-state index is -0.682. The second-order valence-electron chi connectivity index (χ2n) is 7.23. The summed E-state index contributed by atoms with van der Waals surface area (Å²) in [5.41, 5.74) is -1.18. The molecule has 2 atom stereocenters. The molecule has 0 radical (unpaired) electrons. The van der Waals surface area contributed by atoms with Crippen LogP contribution in [-0.2, 0) is 4.74 Å². The summed E-state index contributed by atoms with van der Waals surface area (Å²) in [6.07, 6.45) is 3.27. The van der Waals surface area contributed by atoms with Crippen LogP contribution in [0.25, 0.3) is 0 Å². The van der Waals surface area contributed by atoms with E-state index >= 15 is 0 Å². The van der Waals surface area contributed by atoms with Crippen LogP contribution >= 0.6 is 0 Å². The summed E-state index contributed by atoms with van der Waals surface area (Å²) in [5.74, 6) is 0. The van der Waals surface area contributed by atoms with Gasteiger partial charge in [-0.05, 0) is 53.4 Å². The predicted octanol–water partition coefficient (Wildman–Crippen LogP) is 1.16. The van der Waals surface area contributed by atoms with Crippen LogP contribution in [0.4, 0.5) is 4.79 Å². The number of hydrogen-bond acceptors (Lipinski definition) is 5. The molecule has 4 N–H and O–H groups in total. The largest absolute Gasteiger partial charge is 0.444 e. The van der Waals surface area contributed by atoms with Crippen LogP contribution in [0.15, 0.2) is 0 Å². The van der Waals surface area contributed by atoms with Gasteiger partial charge < -0.3 is 25.6 Å². The normalized spacial score (nSPS) is 23.7. The number of rotatable bonds is 5. The molecule has 1 aliphatic rings. The van der Waals surface area contributed by atoms with Gasteiger partial charge in [-0.2, -0.15) is 0 Å². The third kappa shape index (κ3) is 6.63. The molecule has 2 unspecified atom stereocenters. The van der Waals surface area contributed by atoms with Gasteiger partial charge >= 0.3 is 6.09 Å². The third-order valence-corrected chi connectivity index (χ3v) is 3.65. The molecule has 1 fully saturated rings. The fraction of sp³-hybridized carbons (Fsp3) is 0.933. The molecular formula is C15H30N2O4. The van der Waals surface area contributed by atoms with Gasteiger partial charge in [-0.1, -0.05) is 0 Å². The van der Waals surface area contributed by atoms with Crippen molar-refractivity contribution in [3.63, 3.8) is 0 Å². The van der Waals surface area contributed by atoms with Gasteiger partial charge in [0, 0.05) is 12.1 Å². The molecule has 0 aromatic carbocycles. The molecule has 0 aromatic heterocycles. The quantitative estimate of drug-likeness (QED) is 0.612. The van der Waals surface area contributed by atoms with Crippen LogP contribution in [0.2, 0.25) is 0 Å². The standard InChI is InChI=1S/C15H30N2O4/c1-14(2,3)21-13(20)16-11-6-5-7-12(8-11)17-15(4,9-18)10-19/h11-12,17-19H,5-10H2,1-4H3,(H,16,20). The number of nitrogens with one attached hydrogen (secondary N) is 2. The van der Waals surface area contributed by atoms with Crippen LogP contribution in [0.3, 0.4) is 0 Å². The van der Waals surface area contributed by atoms with E-state index in [0.29, 0.717) is 0 Å². The molecule has 21 heavy (non-hydrogen) atoms. The number of amides is 1. The summed E-state index contributed by atoms with van der Waals surface area (Å²) < 4.78 is 5.27. The van der Waals surface area contributed by atoms with E-state index in [1.54, 1.807) is 6.92 Å². The third-order valence-electron chi connectivity index (χ3n) is 3.65. The lowest BCUT2D eigenvalue weighted by molar-refractivity contribution is 0.0474. The molecule has 0 heterocycles. The minimum absolute atomic E-state index is 0.0627. The van der Waals surface area contributed by atoms with E-state index in [2.05, 4.69) is 10.6 Å². The van der Waals surface area contributed by atoms with E-state index in [0.717, 1.165) is 25.7 Å². The van der Waals surface area contributed by atoms with E-state index in [-0.39, 0.29) is 31.4 Å². The van der Waals surface area contributed by atoms with Crippen molar-refractivity contribution in [2.24, 2.45) is 0 Å². The first kappa shape index (κ1) is 18.2. The number of ether oxygens (including phenoxy) is 1. The van der Waals surface area contributed by atoms with E-state index in [1.165, 1.54) is 0 Å². The maximum Gasteiger partial charge on any atom is 0.407 e. The van der Waals surface area contributed by atoms with Crippen LogP contribution < -0.4 is 10.6 Å². The number of hydrogen-bond donors (Lipinski definition) is 4. The van der Waals surface area contributed by atoms with E-state index in [1.807, 2.05) is 20.8 Å². The second-order valence-corrected chi connectivity index (χ2v) is 7.23. The Morgan fingerprint density at radius 2 is 1.71 bits per heavy atom. The zero-order chi connectivity index (χ0) is 16.1. The molecule has 1 amide bonds. The summed E-state index contributed by atoms with van der Waals surface area (Å²) in [7, 11) is 0. The van der Waals surface area contributed by atoms with Crippen molar-refractivity contribution in [3.05, 3.63) is 0 Å². The van der Waals surface area contributed by atoms with Crippen molar-refractivity contribution in [3.8, 4) is 0 Å². The molecular weight excluding hydrogens is 272 g/mol. The Morgan fingerprint density at radius 1 is 1.14 bits per heavy atom. The zero-order valence-corrected chi connectivity index (χ0v) is 13.6. The molecule has 1 rings (SSSR count). The summed E-state index contributed by atoms with van der Waals surface area (Å²) in [4.78, 5) is 11.8. The molecule has 1 aliphatic carbocycles. The van der Waals surface area contributed by atoms with E-state index in [9.17, 15) is 15.0 Å². The van der Waals surface area contributed by atoms with Gasteiger partial charge in [0.15, 0.2) is 0 Å². The average molecular weight is 302 g/mol. The summed E-state index contributed by atoms with van der Waals surface area (Å²) in [6.45, 7) is 7.06. The summed E-state index contributed by atoms with van der Waals surface area (Å²) in [6, 6.07) is 0.232. The topological polar surface area (TPSA) is 90.8 Å². The van der Waals surface area contributed by atoms with Crippen LogP contribution in [0.1, 0.15) is 53.4 Å². The van der Waals surface area contributed by atoms with Crippen LogP contribution in [0, 0.1) is 0 Å². The van der Waals surface area contributed by atoms with Crippen LogP contribution in [-0.4, -0.2) is 52.7 Å². The lowest BCUT2D eigenvalue weighted by Crippen LogP contribution is -2.56. The number of alkyl carbamates (subject to hydrolysis) is 1. The maximum atomic E-state index is 11.8. The second kappa shape index (κ2) is 7.42. The predicted molar refractivity (Wildman–Crippen MR) is 81.1 cm³/mol. The number of aliphatic hydroxyl groups excluding tert-OH is 2. The monoisotopic (exact) mass is 302 g/mol. The van der Waals surface area contributed by atoms with Gasteiger partial charge in [0.05, 0.1) is 18.8 Å². The highest BCUT2D eigenvalue weighted by atomic mass is 16.6. The molecule has 6 nitrogen and oxygen atoms in total. The van der Waals surface area contributed by atoms with Gasteiger partial charge in [0.25, 0.3) is 0 Å². The average Bonchev–Trinajstić information content (AvgIpc) is 2.36. The fourth-order valence-corrected chi connectivity index (χ4v) is 2.56. The Balaban J connectivity index is 2.47. The first-order chi connectivity index (χ1) is 9.67. The van der Waals surface area contributed by atoms with Crippen molar-refractivity contribution in [1.82, 2.24) is 10.6 Å². The minimum Gasteiger partial charge on any atom is -0.444 e. The highest BCUT2D eigenvalue weighted by molar-refractivity contribution is 5.68. The lowest BCUT2D eigenvalue weighted by atomic mass is 9.89. The number of carbonyl (C=O) groups is 1. The Morgan fingerprint density at radius 3 is 2.24 bits per heavy atom. The highest BCUT2D eigenvalue weighted by Crippen LogP contribution is 2.21. The van der Waals surface area contributed by atoms with E-state index < -0.39 is 11.1 Å². The first-order valence-corrected chi connectivity index (χ1v) is 7.66. The molecule has 0 aliphatic heterocycles. The van der Waals surface area contributed by atoms with Crippen molar-refractivity contribution in [1.29, 1.82) is 0 Å². The van der Waals surface area contributed by atoms with Gasteiger partial charge in [-0.3, -0.25) is 0 Å². The molecule has 0 bridgehead atoms. The van der Waals surface area contributed by atoms with Gasteiger partial charge in [0.2, 0.25) is 0 Å². The van der Waals surface area contributed by atoms with Crippen molar-refractivity contribution >= 4 is 6.09 Å². The molecule has 0 aromatic rings. The van der Waals surface area contributed by atoms with Crippen LogP contribution in [0.5, 0.6) is 0 Å². The fourth-order valence-electron chi connectivity index (χ4n) is 2.56. The Hall–Kier alpha value is -0.850. The number of aliphatic hydroxyl groups is 2. The highest BCUT2D eigenvalue weighted by Gasteiger charge is 2.30.